The van der Waals surface area contributed by atoms with Gasteiger partial charge in [0.25, 0.3) is 0 Å². The number of aryl methyl sites for hydroxylation is 3. The van der Waals surface area contributed by atoms with Crippen molar-refractivity contribution in [3.8, 4) is 5.75 Å². The fraction of sp³-hybridized carbons (Fsp3) is 0.639. The Labute approximate surface area is 278 Å². The van der Waals surface area contributed by atoms with Gasteiger partial charge >= 0.3 is 12.0 Å². The summed E-state index contributed by atoms with van der Waals surface area (Å²) in [5.74, 6) is -1.64. The van der Waals surface area contributed by atoms with Crippen LogP contribution in [0.5, 0.6) is 5.75 Å². The molecule has 1 aliphatic carbocycles. The normalized spacial score (nSPS) is 15.6. The minimum Gasteiger partial charge on any atom is -0.488 e. The predicted octanol–water partition coefficient (Wildman–Crippen LogP) is 5.85. The van der Waals surface area contributed by atoms with Gasteiger partial charge in [-0.15, -0.1) is 0 Å². The Bertz CT molecular complexity index is 1300. The molecule has 1 saturated heterocycles. The van der Waals surface area contributed by atoms with Gasteiger partial charge in [0.2, 0.25) is 0 Å². The minimum atomic E-state index is -1.06. The van der Waals surface area contributed by atoms with Gasteiger partial charge in [0.1, 0.15) is 6.61 Å². The van der Waals surface area contributed by atoms with Crippen LogP contribution in [0.15, 0.2) is 30.3 Å². The van der Waals surface area contributed by atoms with E-state index in [-0.39, 0.29) is 36.8 Å². The number of ether oxygens (including phenoxy) is 4. The third-order valence-electron chi connectivity index (χ3n) is 8.53. The fourth-order valence-electron chi connectivity index (χ4n) is 5.86. The van der Waals surface area contributed by atoms with Crippen molar-refractivity contribution in [2.24, 2.45) is 5.41 Å². The highest BCUT2D eigenvalue weighted by atomic mass is 19.1. The first-order chi connectivity index (χ1) is 22.6. The number of urea groups is 1. The molecule has 11 heteroatoms. The molecule has 1 atom stereocenters. The van der Waals surface area contributed by atoms with Crippen LogP contribution >= 0.6 is 0 Å². The van der Waals surface area contributed by atoms with Crippen molar-refractivity contribution < 1.29 is 38.0 Å². The maximum absolute atomic E-state index is 15.0. The van der Waals surface area contributed by atoms with Gasteiger partial charge in [-0.2, -0.15) is 0 Å². The van der Waals surface area contributed by atoms with E-state index in [1.165, 1.54) is 41.1 Å². The van der Waals surface area contributed by atoms with Crippen LogP contribution in [0.2, 0.25) is 0 Å². The van der Waals surface area contributed by atoms with E-state index in [2.05, 4.69) is 32.9 Å². The summed E-state index contributed by atoms with van der Waals surface area (Å²) in [7, 11) is 0. The van der Waals surface area contributed by atoms with Crippen LogP contribution in [0, 0.1) is 11.2 Å². The Hall–Kier alpha value is -3.28. The highest BCUT2D eigenvalue weighted by Crippen LogP contribution is 2.31. The molecule has 0 spiro atoms. The van der Waals surface area contributed by atoms with Crippen LogP contribution in [0.25, 0.3) is 0 Å². The van der Waals surface area contributed by atoms with Gasteiger partial charge in [0.05, 0.1) is 45.5 Å². The number of carboxylic acids is 1. The number of rotatable bonds is 20. The molecule has 0 radical (unpaired) electrons. The summed E-state index contributed by atoms with van der Waals surface area (Å²) in [6.45, 7) is 10.9. The number of hydrogen-bond acceptors (Lipinski definition) is 7. The molecule has 1 N–H and O–H groups in total. The summed E-state index contributed by atoms with van der Waals surface area (Å²) in [6.07, 6.45) is 6.73. The van der Waals surface area contributed by atoms with Crippen LogP contribution < -0.4 is 4.74 Å². The smallest absolute Gasteiger partial charge is 0.320 e. The minimum absolute atomic E-state index is 0.0419. The molecule has 47 heavy (non-hydrogen) atoms. The predicted molar refractivity (Wildman–Crippen MR) is 176 cm³/mol. The lowest BCUT2D eigenvalue weighted by molar-refractivity contribution is -0.138. The summed E-state index contributed by atoms with van der Waals surface area (Å²) in [6, 6.07) is 7.62. The number of carboxylic acid groups (broad SMARTS) is 1. The number of amides is 2. The van der Waals surface area contributed by atoms with Crippen molar-refractivity contribution in [3.05, 3.63) is 58.7 Å². The molecule has 2 aromatic rings. The Morgan fingerprint density at radius 2 is 1.66 bits per heavy atom. The molecule has 1 aromatic heterocycles. The lowest BCUT2D eigenvalue weighted by Crippen LogP contribution is -2.36. The zero-order valence-electron chi connectivity index (χ0n) is 28.3. The number of carbonyl (C=O) groups is 2. The largest absolute Gasteiger partial charge is 0.488 e. The monoisotopic (exact) mass is 657 g/mol. The number of hydrogen-bond donors (Lipinski definition) is 1. The van der Waals surface area contributed by atoms with Crippen LogP contribution in [0.4, 0.5) is 9.18 Å². The molecule has 1 fully saturated rings. The second-order valence-electron chi connectivity index (χ2n) is 13.5. The van der Waals surface area contributed by atoms with Crippen molar-refractivity contribution in [1.82, 2.24) is 14.8 Å². The first kappa shape index (κ1) is 36.6. The van der Waals surface area contributed by atoms with Crippen molar-refractivity contribution in [2.75, 3.05) is 65.9 Å². The second-order valence-corrected chi connectivity index (χ2v) is 13.5. The zero-order valence-corrected chi connectivity index (χ0v) is 28.3. The molecule has 2 aliphatic rings. The lowest BCUT2D eigenvalue weighted by atomic mass is 9.93. The second kappa shape index (κ2) is 18.3. The molecule has 1 aliphatic heterocycles. The Balaban J connectivity index is 1.18. The molecule has 0 saturated carbocycles. The van der Waals surface area contributed by atoms with Gasteiger partial charge in [-0.25, -0.2) is 9.18 Å². The first-order valence-electron chi connectivity index (χ1n) is 17.0. The van der Waals surface area contributed by atoms with E-state index >= 15 is 4.39 Å². The maximum Gasteiger partial charge on any atom is 0.320 e. The van der Waals surface area contributed by atoms with E-state index in [0.717, 1.165) is 37.8 Å². The number of aromatic nitrogens is 1. The summed E-state index contributed by atoms with van der Waals surface area (Å²) in [5.41, 5.74) is 4.26. The summed E-state index contributed by atoms with van der Waals surface area (Å²) < 4.78 is 37.2. The molecule has 2 amide bonds. The standard InChI is InChI=1S/C36H52FN3O7/c1-36(2,3)14-18-44-19-20-45-21-22-46-23-24-47-33-13-11-28(25-30(33)37)32(26-34(41)42)40-17-16-39(35(40)43)15-6-8-29-12-10-27-7-4-5-9-31(27)38-29/h10-13,25,32H,4-9,14-24,26H2,1-3H3,(H,41,42)/t32-/m0/s1. The van der Waals surface area contributed by atoms with Gasteiger partial charge in [0, 0.05) is 37.6 Å². The van der Waals surface area contributed by atoms with E-state index in [0.29, 0.717) is 58.2 Å². The molecule has 0 unspecified atom stereocenters. The van der Waals surface area contributed by atoms with E-state index in [9.17, 15) is 14.7 Å². The van der Waals surface area contributed by atoms with Crippen LogP contribution in [-0.2, 0) is 38.3 Å². The van der Waals surface area contributed by atoms with Crippen LogP contribution in [-0.4, -0.2) is 97.8 Å². The molecular formula is C36H52FN3O7. The molecule has 10 nitrogen and oxygen atoms in total. The van der Waals surface area contributed by atoms with Gasteiger partial charge in [-0.05, 0) is 79.7 Å². The number of benzene rings is 1. The third-order valence-corrected chi connectivity index (χ3v) is 8.53. The zero-order chi connectivity index (χ0) is 33.6. The Morgan fingerprint density at radius 1 is 0.957 bits per heavy atom. The number of nitrogens with zero attached hydrogens (tertiary/aromatic N) is 3. The SMILES string of the molecule is CC(C)(C)CCOCCOCCOCCOc1ccc([C@H](CC(=O)O)N2CCN(CCCc3ccc4c(n3)CCCC4)C2=O)cc1F. The van der Waals surface area contributed by atoms with Crippen molar-refractivity contribution in [1.29, 1.82) is 0 Å². The highest BCUT2D eigenvalue weighted by Gasteiger charge is 2.35. The average molecular weight is 658 g/mol. The van der Waals surface area contributed by atoms with Gasteiger partial charge in [-0.3, -0.25) is 9.78 Å². The van der Waals surface area contributed by atoms with Gasteiger partial charge in [0.15, 0.2) is 11.6 Å². The number of aliphatic carboxylic acids is 1. The topological polar surface area (TPSA) is 111 Å². The quantitative estimate of drug-likeness (QED) is 0.177. The molecule has 4 rings (SSSR count). The fourth-order valence-corrected chi connectivity index (χ4v) is 5.86. The maximum atomic E-state index is 15.0. The summed E-state index contributed by atoms with van der Waals surface area (Å²) in [5, 5.41) is 9.62. The number of halogens is 1. The lowest BCUT2D eigenvalue weighted by Gasteiger charge is -2.27. The van der Waals surface area contributed by atoms with Crippen molar-refractivity contribution in [3.63, 3.8) is 0 Å². The van der Waals surface area contributed by atoms with Crippen LogP contribution in [0.1, 0.15) is 81.4 Å². The van der Waals surface area contributed by atoms with E-state index in [4.69, 9.17) is 23.9 Å². The van der Waals surface area contributed by atoms with E-state index in [1.807, 2.05) is 0 Å². The first-order valence-corrected chi connectivity index (χ1v) is 17.0. The number of fused-ring (bicyclic) bond motifs is 1. The molecule has 260 valence electrons. The van der Waals surface area contributed by atoms with Crippen molar-refractivity contribution in [2.45, 2.75) is 78.2 Å². The molecule has 0 bridgehead atoms. The van der Waals surface area contributed by atoms with Gasteiger partial charge < -0.3 is 33.9 Å². The Kier molecular flexibility index (Phi) is 14.2. The molecular weight excluding hydrogens is 605 g/mol. The highest BCUT2D eigenvalue weighted by molar-refractivity contribution is 5.78. The summed E-state index contributed by atoms with van der Waals surface area (Å²) in [4.78, 5) is 33.2. The number of pyridine rings is 1. The number of carbonyl (C=O) groups excluding carboxylic acids is 1. The van der Waals surface area contributed by atoms with Crippen LogP contribution in [0.3, 0.4) is 0 Å². The molecule has 2 heterocycles. The van der Waals surface area contributed by atoms with E-state index < -0.39 is 17.8 Å². The molecule has 1 aromatic carbocycles. The van der Waals surface area contributed by atoms with E-state index in [1.54, 1.807) is 11.0 Å². The van der Waals surface area contributed by atoms with Gasteiger partial charge in [-0.1, -0.05) is 32.9 Å². The third kappa shape index (κ3) is 12.0. The average Bonchev–Trinajstić information content (AvgIpc) is 3.39. The Morgan fingerprint density at radius 3 is 2.36 bits per heavy atom. The van der Waals surface area contributed by atoms with Crippen molar-refractivity contribution >= 4 is 12.0 Å². The summed E-state index contributed by atoms with van der Waals surface area (Å²) >= 11 is 0.